The van der Waals surface area contributed by atoms with Gasteiger partial charge >= 0.3 is 7.60 Å². The van der Waals surface area contributed by atoms with Crippen molar-refractivity contribution in [3.8, 4) is 5.75 Å². The molecule has 0 aliphatic rings. The predicted molar refractivity (Wildman–Crippen MR) is 115 cm³/mol. The lowest BCUT2D eigenvalue weighted by atomic mass is 9.80. The minimum Gasteiger partial charge on any atom is -0.424 e. The van der Waals surface area contributed by atoms with Crippen molar-refractivity contribution >= 4 is 7.60 Å². The van der Waals surface area contributed by atoms with Crippen LogP contribution in [0.3, 0.4) is 0 Å². The first-order valence-electron chi connectivity index (χ1n) is 9.55. The number of hydrogen-bond acceptors (Lipinski definition) is 2. The quantitative estimate of drug-likeness (QED) is 0.390. The van der Waals surface area contributed by atoms with Crippen LogP contribution in [0.15, 0.2) is 66.7 Å². The summed E-state index contributed by atoms with van der Waals surface area (Å²) in [6, 6.07) is 22.2. The lowest BCUT2D eigenvalue weighted by Gasteiger charge is -2.26. The second-order valence-corrected chi connectivity index (χ2v) is 9.33. The van der Waals surface area contributed by atoms with Gasteiger partial charge in [-0.05, 0) is 49.1 Å². The van der Waals surface area contributed by atoms with Gasteiger partial charge in [0.15, 0.2) is 0 Å². The maximum Gasteiger partial charge on any atom is 0.376 e. The molecule has 28 heavy (non-hydrogen) atoms. The third-order valence-electron chi connectivity index (χ3n) is 5.03. The van der Waals surface area contributed by atoms with Crippen LogP contribution in [0.2, 0.25) is 0 Å². The van der Waals surface area contributed by atoms with Gasteiger partial charge in [-0.1, -0.05) is 73.2 Å². The van der Waals surface area contributed by atoms with Gasteiger partial charge in [0.05, 0.1) is 6.16 Å². The molecule has 3 rings (SSSR count). The zero-order valence-corrected chi connectivity index (χ0v) is 17.7. The Morgan fingerprint density at radius 2 is 1.50 bits per heavy atom. The van der Waals surface area contributed by atoms with Gasteiger partial charge in [0.1, 0.15) is 5.75 Å². The van der Waals surface area contributed by atoms with Crippen molar-refractivity contribution in [2.24, 2.45) is 0 Å². The van der Waals surface area contributed by atoms with E-state index in [0.717, 1.165) is 11.1 Å². The molecule has 0 heterocycles. The zero-order valence-electron chi connectivity index (χ0n) is 16.8. The van der Waals surface area contributed by atoms with Crippen molar-refractivity contribution < 1.29 is 14.0 Å². The van der Waals surface area contributed by atoms with E-state index in [1.807, 2.05) is 36.4 Å². The van der Waals surface area contributed by atoms with E-state index in [2.05, 4.69) is 45.0 Å². The van der Waals surface area contributed by atoms with E-state index in [-0.39, 0.29) is 12.1 Å². The predicted octanol–water partition coefficient (Wildman–Crippen LogP) is 6.38. The zero-order chi connectivity index (χ0) is 20.3. The molecule has 0 aliphatic carbocycles. The van der Waals surface area contributed by atoms with Crippen molar-refractivity contribution in [2.75, 3.05) is 6.16 Å². The van der Waals surface area contributed by atoms with Gasteiger partial charge in [0, 0.05) is 11.5 Å². The third kappa shape index (κ3) is 4.38. The normalized spacial score (nSPS) is 14.3. The van der Waals surface area contributed by atoms with Gasteiger partial charge < -0.3 is 9.42 Å². The molecule has 3 nitrogen and oxygen atoms in total. The number of para-hydroxylation sites is 1. The number of hydrogen-bond donors (Lipinski definition) is 1. The fourth-order valence-electron chi connectivity index (χ4n) is 3.81. The van der Waals surface area contributed by atoms with E-state index >= 15 is 0 Å². The van der Waals surface area contributed by atoms with E-state index in [0.29, 0.717) is 5.75 Å². The van der Waals surface area contributed by atoms with Gasteiger partial charge in [-0.2, -0.15) is 0 Å². The van der Waals surface area contributed by atoms with Crippen LogP contribution >= 0.6 is 7.60 Å². The van der Waals surface area contributed by atoms with E-state index in [1.54, 1.807) is 13.0 Å². The minimum absolute atomic E-state index is 0.0694. The van der Waals surface area contributed by atoms with Gasteiger partial charge in [0.25, 0.3) is 0 Å². The van der Waals surface area contributed by atoms with Crippen LogP contribution in [-0.2, 0) is 4.57 Å². The molecular weight excluding hydrogens is 367 g/mol. The van der Waals surface area contributed by atoms with Gasteiger partial charge in [-0.15, -0.1) is 0 Å². The van der Waals surface area contributed by atoms with Gasteiger partial charge in [-0.25, -0.2) is 4.57 Å². The Morgan fingerprint density at radius 1 is 0.929 bits per heavy atom. The smallest absolute Gasteiger partial charge is 0.376 e. The maximum absolute atomic E-state index is 12.3. The monoisotopic (exact) mass is 394 g/mol. The molecule has 0 aliphatic heterocycles. The highest BCUT2D eigenvalue weighted by molar-refractivity contribution is 7.53. The second-order valence-electron chi connectivity index (χ2n) is 7.24. The molecule has 4 heteroatoms. The highest BCUT2D eigenvalue weighted by atomic mass is 31.2. The Bertz CT molecular complexity index is 988. The molecular formula is C24H27O3P. The van der Waals surface area contributed by atoms with Crippen LogP contribution in [-0.4, -0.2) is 11.1 Å². The Balaban J connectivity index is 2.25. The first-order chi connectivity index (χ1) is 13.3. The topological polar surface area (TPSA) is 46.5 Å². The standard InChI is InChI=1S/C24H27O3P/c1-5-28(25,26)27-22-14-10-9-13-21(22)24(20-11-7-6-8-12-20)23-18(3)15-17(2)16-19(23)4/h6-16,24H,5H2,1-4H3,(H,25,26). The Labute approximate surface area is 167 Å². The van der Waals surface area contributed by atoms with Crippen LogP contribution in [0.25, 0.3) is 0 Å². The summed E-state index contributed by atoms with van der Waals surface area (Å²) in [7, 11) is -3.68. The number of aryl methyl sites for hydroxylation is 3. The van der Waals surface area contributed by atoms with E-state index < -0.39 is 7.60 Å². The Morgan fingerprint density at radius 3 is 2.11 bits per heavy atom. The van der Waals surface area contributed by atoms with Crippen molar-refractivity contribution in [3.63, 3.8) is 0 Å². The average Bonchev–Trinajstić information content (AvgIpc) is 2.66. The second kappa shape index (κ2) is 8.34. The fourth-order valence-corrected chi connectivity index (χ4v) is 4.42. The first-order valence-corrected chi connectivity index (χ1v) is 11.3. The third-order valence-corrected chi connectivity index (χ3v) is 6.31. The lowest BCUT2D eigenvalue weighted by Crippen LogP contribution is -2.10. The SMILES string of the molecule is CCP(=O)(O)Oc1ccccc1C(c1ccccc1)c1c(C)cc(C)cc1C. The number of rotatable bonds is 6. The van der Waals surface area contributed by atoms with E-state index in [4.69, 9.17) is 4.52 Å². The summed E-state index contributed by atoms with van der Waals surface area (Å²) in [5, 5.41) is 0. The van der Waals surface area contributed by atoms with Gasteiger partial charge in [0.2, 0.25) is 0 Å². The molecule has 1 N–H and O–H groups in total. The van der Waals surface area contributed by atoms with Crippen LogP contribution in [0.4, 0.5) is 0 Å². The summed E-state index contributed by atoms with van der Waals surface area (Å²) in [6.07, 6.45) is 0.0694. The molecule has 0 saturated heterocycles. The molecule has 3 aromatic carbocycles. The summed E-state index contributed by atoms with van der Waals surface area (Å²) in [6.45, 7) is 8.00. The fraction of sp³-hybridized carbons (Fsp3) is 0.250. The number of benzene rings is 3. The molecule has 0 spiro atoms. The maximum atomic E-state index is 12.3. The Kier molecular flexibility index (Phi) is 6.07. The minimum atomic E-state index is -3.68. The largest absolute Gasteiger partial charge is 0.424 e. The van der Waals surface area contributed by atoms with Crippen LogP contribution in [0, 0.1) is 20.8 Å². The highest BCUT2D eigenvalue weighted by Crippen LogP contribution is 2.47. The molecule has 2 unspecified atom stereocenters. The molecule has 0 radical (unpaired) electrons. The van der Waals surface area contributed by atoms with Crippen molar-refractivity contribution in [1.82, 2.24) is 0 Å². The molecule has 0 aromatic heterocycles. The molecule has 0 amide bonds. The molecule has 3 aromatic rings. The summed E-state index contributed by atoms with van der Waals surface area (Å²) in [5.74, 6) is 0.373. The van der Waals surface area contributed by atoms with Crippen molar-refractivity contribution in [1.29, 1.82) is 0 Å². The summed E-state index contributed by atoms with van der Waals surface area (Å²) in [4.78, 5) is 10.1. The molecule has 0 saturated carbocycles. The molecule has 0 bridgehead atoms. The summed E-state index contributed by atoms with van der Waals surface area (Å²) in [5.41, 5.74) is 6.84. The van der Waals surface area contributed by atoms with E-state index in [9.17, 15) is 9.46 Å². The van der Waals surface area contributed by atoms with Crippen LogP contribution < -0.4 is 4.52 Å². The van der Waals surface area contributed by atoms with Gasteiger partial charge in [-0.3, -0.25) is 0 Å². The van der Waals surface area contributed by atoms with Crippen LogP contribution in [0.5, 0.6) is 5.75 Å². The average molecular weight is 394 g/mol. The Hall–Kier alpha value is -2.35. The van der Waals surface area contributed by atoms with Crippen molar-refractivity contribution in [3.05, 3.63) is 100 Å². The van der Waals surface area contributed by atoms with E-state index in [1.165, 1.54) is 22.3 Å². The molecule has 2 atom stereocenters. The summed E-state index contributed by atoms with van der Waals surface area (Å²) >= 11 is 0. The lowest BCUT2D eigenvalue weighted by molar-refractivity contribution is 0.379. The van der Waals surface area contributed by atoms with Crippen molar-refractivity contribution in [2.45, 2.75) is 33.6 Å². The van der Waals surface area contributed by atoms with Crippen LogP contribution in [0.1, 0.15) is 46.2 Å². The molecule has 146 valence electrons. The summed E-state index contributed by atoms with van der Waals surface area (Å²) < 4.78 is 17.9. The first kappa shape index (κ1) is 20.4. The molecule has 0 fully saturated rings. The highest BCUT2D eigenvalue weighted by Gasteiger charge is 2.26.